The van der Waals surface area contributed by atoms with Gasteiger partial charge in [0.1, 0.15) is 17.0 Å². The Balaban J connectivity index is 1.53. The van der Waals surface area contributed by atoms with Crippen LogP contribution in [0.2, 0.25) is 0 Å². The number of nitrogens with zero attached hydrogens (tertiary/aromatic N) is 3. The van der Waals surface area contributed by atoms with Crippen molar-refractivity contribution in [1.82, 2.24) is 24.8 Å². The average molecular weight is 479 g/mol. The number of anilines is 1. The molecule has 2 aromatic heterocycles. The van der Waals surface area contributed by atoms with Crippen molar-refractivity contribution < 1.29 is 14.6 Å². The minimum absolute atomic E-state index is 0.0916. The summed E-state index contributed by atoms with van der Waals surface area (Å²) in [6.45, 7) is 4.07. The third kappa shape index (κ3) is 6.17. The lowest BCUT2D eigenvalue weighted by molar-refractivity contribution is 0.286. The first-order valence-corrected chi connectivity index (χ1v) is 11.6. The molecule has 0 radical (unpaired) electrons. The number of benzene rings is 2. The summed E-state index contributed by atoms with van der Waals surface area (Å²) in [6, 6.07) is 15.4. The van der Waals surface area contributed by atoms with Gasteiger partial charge in [-0.05, 0) is 41.8 Å². The molecule has 0 bridgehead atoms. The number of hydrogen-bond donors (Lipinski definition) is 4. The number of unbranched alkanes of at least 4 members (excludes halogenated alkanes) is 1. The van der Waals surface area contributed by atoms with Gasteiger partial charge in [0.15, 0.2) is 11.5 Å². The van der Waals surface area contributed by atoms with Gasteiger partial charge >= 0.3 is 11.7 Å². The number of nitrogen functional groups attached to an aromatic ring is 1. The molecule has 0 atom stereocenters. The SMILES string of the molecule is CCCCOc1nc(N)c2[nH]c(=O)n(Cc3cccc(Oc4cccc(CNCCO)c4)c3)c2n1. The molecule has 2 heterocycles. The molecule has 4 rings (SSSR count). The predicted molar refractivity (Wildman–Crippen MR) is 134 cm³/mol. The standard InChI is InChI=1S/C25H30N6O4/c1-2-3-12-34-24-29-22(26)21-23(30-24)31(25(33)28-21)16-18-7-5-9-20(14-18)35-19-8-4-6-17(13-19)15-27-10-11-32/h4-9,13-14,27,32H,2-3,10-12,15-16H2,1H3,(H,28,33)(H2,26,29,30). The first-order chi connectivity index (χ1) is 17.1. The first kappa shape index (κ1) is 24.2. The minimum atomic E-state index is -0.332. The molecule has 0 unspecified atom stereocenters. The van der Waals surface area contributed by atoms with Crippen LogP contribution in [-0.4, -0.2) is 44.4 Å². The maximum absolute atomic E-state index is 12.7. The number of rotatable bonds is 12. The second-order valence-electron chi connectivity index (χ2n) is 8.11. The molecular weight excluding hydrogens is 448 g/mol. The highest BCUT2D eigenvalue weighted by Gasteiger charge is 2.15. The molecule has 35 heavy (non-hydrogen) atoms. The molecule has 0 saturated carbocycles. The fourth-order valence-corrected chi connectivity index (χ4v) is 3.61. The third-order valence-electron chi connectivity index (χ3n) is 5.35. The fraction of sp³-hybridized carbons (Fsp3) is 0.320. The van der Waals surface area contributed by atoms with Gasteiger partial charge in [0.25, 0.3) is 0 Å². The highest BCUT2D eigenvalue weighted by Crippen LogP contribution is 2.24. The Morgan fingerprint density at radius 3 is 2.60 bits per heavy atom. The van der Waals surface area contributed by atoms with Crippen molar-refractivity contribution in [3.05, 3.63) is 70.1 Å². The van der Waals surface area contributed by atoms with Gasteiger partial charge in [-0.2, -0.15) is 9.97 Å². The molecule has 0 aliphatic heterocycles. The van der Waals surface area contributed by atoms with Gasteiger partial charge in [-0.15, -0.1) is 0 Å². The summed E-state index contributed by atoms with van der Waals surface area (Å²) in [5.41, 5.74) is 8.40. The van der Waals surface area contributed by atoms with E-state index in [-0.39, 0.29) is 30.7 Å². The van der Waals surface area contributed by atoms with Crippen LogP contribution in [0.4, 0.5) is 5.82 Å². The van der Waals surface area contributed by atoms with Crippen LogP contribution < -0.4 is 26.2 Å². The number of hydrogen-bond acceptors (Lipinski definition) is 8. The van der Waals surface area contributed by atoms with E-state index in [1.54, 1.807) is 0 Å². The quantitative estimate of drug-likeness (QED) is 0.228. The van der Waals surface area contributed by atoms with E-state index in [2.05, 4.69) is 27.2 Å². The summed E-state index contributed by atoms with van der Waals surface area (Å²) in [7, 11) is 0. The lowest BCUT2D eigenvalue weighted by Crippen LogP contribution is -2.18. The molecule has 10 heteroatoms. The molecule has 0 amide bonds. The third-order valence-corrected chi connectivity index (χ3v) is 5.35. The smallest absolute Gasteiger partial charge is 0.328 e. The lowest BCUT2D eigenvalue weighted by Gasteiger charge is -2.10. The Hall–Kier alpha value is -3.89. The molecule has 2 aromatic carbocycles. The summed E-state index contributed by atoms with van der Waals surface area (Å²) < 4.78 is 13.2. The molecule has 0 saturated heterocycles. The van der Waals surface area contributed by atoms with Crippen molar-refractivity contribution in [2.45, 2.75) is 32.9 Å². The summed E-state index contributed by atoms with van der Waals surface area (Å²) in [6.07, 6.45) is 1.85. The number of fused-ring (bicyclic) bond motifs is 1. The lowest BCUT2D eigenvalue weighted by atomic mass is 10.2. The van der Waals surface area contributed by atoms with Crippen LogP contribution in [-0.2, 0) is 13.1 Å². The van der Waals surface area contributed by atoms with Gasteiger partial charge in [-0.1, -0.05) is 37.6 Å². The highest BCUT2D eigenvalue weighted by atomic mass is 16.5. The van der Waals surface area contributed by atoms with Gasteiger partial charge in [-0.25, -0.2) is 4.79 Å². The van der Waals surface area contributed by atoms with Crippen molar-refractivity contribution in [1.29, 1.82) is 0 Å². The van der Waals surface area contributed by atoms with Crippen molar-refractivity contribution in [3.8, 4) is 17.5 Å². The van der Waals surface area contributed by atoms with Crippen LogP contribution >= 0.6 is 0 Å². The highest BCUT2D eigenvalue weighted by molar-refractivity contribution is 5.81. The number of ether oxygens (including phenoxy) is 2. The summed E-state index contributed by atoms with van der Waals surface area (Å²) in [4.78, 5) is 24.0. The number of nitrogens with one attached hydrogen (secondary N) is 2. The van der Waals surface area contributed by atoms with E-state index >= 15 is 0 Å². The zero-order chi connectivity index (χ0) is 24.6. The molecule has 0 fully saturated rings. The Bertz CT molecular complexity index is 1330. The molecule has 5 N–H and O–H groups in total. The van der Waals surface area contributed by atoms with Crippen LogP contribution in [0.5, 0.6) is 17.5 Å². The molecule has 184 valence electrons. The van der Waals surface area contributed by atoms with E-state index in [4.69, 9.17) is 20.3 Å². The predicted octanol–water partition coefficient (Wildman–Crippen LogP) is 2.80. The van der Waals surface area contributed by atoms with Gasteiger partial charge < -0.3 is 30.6 Å². The summed E-state index contributed by atoms with van der Waals surface area (Å²) in [5.74, 6) is 1.51. The van der Waals surface area contributed by atoms with E-state index in [0.29, 0.717) is 42.4 Å². The number of H-pyrrole nitrogens is 1. The molecule has 4 aromatic rings. The zero-order valence-electron chi connectivity index (χ0n) is 19.7. The van der Waals surface area contributed by atoms with Gasteiger partial charge in [-0.3, -0.25) is 4.57 Å². The Morgan fingerprint density at radius 2 is 1.86 bits per heavy atom. The molecule has 0 aliphatic carbocycles. The van der Waals surface area contributed by atoms with Crippen LogP contribution in [0.15, 0.2) is 53.3 Å². The van der Waals surface area contributed by atoms with Crippen LogP contribution in [0.1, 0.15) is 30.9 Å². The van der Waals surface area contributed by atoms with E-state index in [1.807, 2.05) is 48.5 Å². The van der Waals surface area contributed by atoms with Crippen molar-refractivity contribution in [2.24, 2.45) is 0 Å². The largest absolute Gasteiger partial charge is 0.463 e. The van der Waals surface area contributed by atoms with Crippen molar-refractivity contribution in [2.75, 3.05) is 25.5 Å². The van der Waals surface area contributed by atoms with E-state index < -0.39 is 0 Å². The first-order valence-electron chi connectivity index (χ1n) is 11.6. The second kappa shape index (κ2) is 11.5. The molecule has 0 spiro atoms. The van der Waals surface area contributed by atoms with Crippen LogP contribution in [0.3, 0.4) is 0 Å². The zero-order valence-corrected chi connectivity index (χ0v) is 19.7. The molecule has 0 aliphatic rings. The second-order valence-corrected chi connectivity index (χ2v) is 8.11. The summed E-state index contributed by atoms with van der Waals surface area (Å²) >= 11 is 0. The monoisotopic (exact) mass is 478 g/mol. The van der Waals surface area contributed by atoms with Gasteiger partial charge in [0.2, 0.25) is 0 Å². The number of aliphatic hydroxyl groups is 1. The maximum atomic E-state index is 12.7. The van der Waals surface area contributed by atoms with Gasteiger partial charge in [0.05, 0.1) is 19.8 Å². The number of nitrogens with two attached hydrogens (primary N) is 1. The number of aromatic nitrogens is 4. The van der Waals surface area contributed by atoms with Gasteiger partial charge in [0, 0.05) is 13.1 Å². The van der Waals surface area contributed by atoms with Crippen molar-refractivity contribution in [3.63, 3.8) is 0 Å². The van der Waals surface area contributed by atoms with E-state index in [9.17, 15) is 4.79 Å². The van der Waals surface area contributed by atoms with Crippen LogP contribution in [0.25, 0.3) is 11.2 Å². The normalized spacial score (nSPS) is 11.1. The van der Waals surface area contributed by atoms with E-state index in [0.717, 1.165) is 24.0 Å². The van der Waals surface area contributed by atoms with E-state index in [1.165, 1.54) is 4.57 Å². The Morgan fingerprint density at radius 1 is 1.11 bits per heavy atom. The number of imidazole rings is 1. The van der Waals surface area contributed by atoms with Crippen molar-refractivity contribution >= 4 is 17.0 Å². The summed E-state index contributed by atoms with van der Waals surface area (Å²) in [5, 5.41) is 12.1. The van der Waals surface area contributed by atoms with Crippen LogP contribution in [0, 0.1) is 0 Å². The average Bonchev–Trinajstić information content (AvgIpc) is 3.16. The number of aliphatic hydroxyl groups excluding tert-OH is 1. The Labute approximate surface area is 202 Å². The maximum Gasteiger partial charge on any atom is 0.328 e. The number of aromatic amines is 1. The minimum Gasteiger partial charge on any atom is -0.463 e. The molecular formula is C25H30N6O4. The topological polar surface area (TPSA) is 140 Å². The Kier molecular flexibility index (Phi) is 7.96. The molecule has 10 nitrogen and oxygen atoms in total. The fourth-order valence-electron chi connectivity index (χ4n) is 3.61.